The zero-order valence-corrected chi connectivity index (χ0v) is 17.5. The maximum atomic E-state index is 12.6. The standard InChI is InChI=1S/C21H27N5O3/c1-6-21(7-2)18(28)26(20(29)24-21)12-17(27)23-19-22-11-16(25(19)5)15-9-8-13(3)14(4)10-15/h8-11H,6-7,12H2,1-5H3,(H,24,29)(H,22,23,27). The number of carbonyl (C=O) groups excluding carboxylic acids is 3. The van der Waals surface area contributed by atoms with Gasteiger partial charge in [-0.15, -0.1) is 0 Å². The van der Waals surface area contributed by atoms with Gasteiger partial charge in [0.15, 0.2) is 0 Å². The van der Waals surface area contributed by atoms with Crippen molar-refractivity contribution in [2.24, 2.45) is 7.05 Å². The molecule has 1 aromatic heterocycles. The molecule has 3 rings (SSSR count). The molecule has 1 aliphatic rings. The lowest BCUT2D eigenvalue weighted by atomic mass is 9.93. The third kappa shape index (κ3) is 3.62. The van der Waals surface area contributed by atoms with Gasteiger partial charge in [0, 0.05) is 12.6 Å². The SMILES string of the molecule is CCC1(CC)NC(=O)N(CC(=O)Nc2ncc(-c3ccc(C)c(C)c3)n2C)C1=O. The van der Waals surface area contributed by atoms with E-state index in [0.717, 1.165) is 16.2 Å². The second-order valence-electron chi connectivity index (χ2n) is 7.48. The highest BCUT2D eigenvalue weighted by molar-refractivity contribution is 6.10. The van der Waals surface area contributed by atoms with E-state index in [1.807, 2.05) is 32.9 Å². The molecule has 1 aliphatic heterocycles. The molecule has 0 spiro atoms. The number of aromatic nitrogens is 2. The van der Waals surface area contributed by atoms with Gasteiger partial charge in [0.2, 0.25) is 11.9 Å². The number of imidazole rings is 1. The largest absolute Gasteiger partial charge is 0.325 e. The first kappa shape index (κ1) is 20.6. The minimum absolute atomic E-state index is 0.349. The predicted octanol–water partition coefficient (Wildman–Crippen LogP) is 2.75. The van der Waals surface area contributed by atoms with E-state index < -0.39 is 17.5 Å². The van der Waals surface area contributed by atoms with Crippen molar-refractivity contribution in [2.45, 2.75) is 46.1 Å². The molecule has 2 N–H and O–H groups in total. The molecule has 0 unspecified atom stereocenters. The lowest BCUT2D eigenvalue weighted by Gasteiger charge is -2.22. The molecule has 1 aromatic carbocycles. The van der Waals surface area contributed by atoms with E-state index in [2.05, 4.69) is 28.6 Å². The summed E-state index contributed by atoms with van der Waals surface area (Å²) in [5.41, 5.74) is 3.30. The van der Waals surface area contributed by atoms with Crippen LogP contribution in [-0.2, 0) is 16.6 Å². The fraction of sp³-hybridized carbons (Fsp3) is 0.429. The number of imide groups is 1. The highest BCUT2D eigenvalue weighted by Gasteiger charge is 2.49. The van der Waals surface area contributed by atoms with Crippen LogP contribution in [0, 0.1) is 13.8 Å². The number of hydrogen-bond donors (Lipinski definition) is 2. The molecule has 2 heterocycles. The molecule has 29 heavy (non-hydrogen) atoms. The summed E-state index contributed by atoms with van der Waals surface area (Å²) in [5.74, 6) is -0.484. The van der Waals surface area contributed by atoms with Crippen LogP contribution in [0.5, 0.6) is 0 Å². The van der Waals surface area contributed by atoms with Gasteiger partial charge >= 0.3 is 6.03 Å². The number of carbonyl (C=O) groups is 3. The van der Waals surface area contributed by atoms with Crippen molar-refractivity contribution in [1.82, 2.24) is 19.8 Å². The van der Waals surface area contributed by atoms with Crippen LogP contribution >= 0.6 is 0 Å². The Hall–Kier alpha value is -3.16. The summed E-state index contributed by atoms with van der Waals surface area (Å²) in [6.45, 7) is 7.43. The van der Waals surface area contributed by atoms with Gasteiger partial charge in [0.1, 0.15) is 12.1 Å². The number of hydrogen-bond acceptors (Lipinski definition) is 4. The first-order valence-electron chi connectivity index (χ1n) is 9.75. The number of nitrogens with one attached hydrogen (secondary N) is 2. The lowest BCUT2D eigenvalue weighted by Crippen LogP contribution is -2.46. The number of nitrogens with zero attached hydrogens (tertiary/aromatic N) is 3. The first-order chi connectivity index (χ1) is 13.7. The smallest absolute Gasteiger partial charge is 0.323 e. The van der Waals surface area contributed by atoms with E-state index in [-0.39, 0.29) is 12.5 Å². The molecule has 8 nitrogen and oxygen atoms in total. The van der Waals surface area contributed by atoms with Crippen molar-refractivity contribution in [3.05, 3.63) is 35.5 Å². The Balaban J connectivity index is 1.74. The average molecular weight is 397 g/mol. The molecule has 0 aliphatic carbocycles. The fourth-order valence-corrected chi connectivity index (χ4v) is 3.55. The molecule has 0 radical (unpaired) electrons. The lowest BCUT2D eigenvalue weighted by molar-refractivity contribution is -0.134. The normalized spacial score (nSPS) is 15.6. The van der Waals surface area contributed by atoms with Crippen LogP contribution in [0.25, 0.3) is 11.3 Å². The number of urea groups is 1. The topological polar surface area (TPSA) is 96.3 Å². The first-order valence-corrected chi connectivity index (χ1v) is 9.75. The zero-order valence-electron chi connectivity index (χ0n) is 17.5. The molecule has 154 valence electrons. The second kappa shape index (κ2) is 7.69. The Morgan fingerprint density at radius 1 is 1.17 bits per heavy atom. The quantitative estimate of drug-likeness (QED) is 0.733. The Morgan fingerprint density at radius 3 is 2.45 bits per heavy atom. The highest BCUT2D eigenvalue weighted by atomic mass is 16.2. The minimum Gasteiger partial charge on any atom is -0.323 e. The maximum Gasteiger partial charge on any atom is 0.325 e. The third-order valence-electron chi connectivity index (χ3n) is 5.80. The van der Waals surface area contributed by atoms with Crippen LogP contribution in [0.15, 0.2) is 24.4 Å². The summed E-state index contributed by atoms with van der Waals surface area (Å²) in [4.78, 5) is 42.6. The summed E-state index contributed by atoms with van der Waals surface area (Å²) in [5, 5.41) is 5.42. The zero-order chi connectivity index (χ0) is 21.3. The van der Waals surface area contributed by atoms with Gasteiger partial charge in [0.25, 0.3) is 5.91 Å². The number of rotatable bonds is 6. The molecule has 0 atom stereocenters. The van der Waals surface area contributed by atoms with Gasteiger partial charge in [-0.25, -0.2) is 9.78 Å². The van der Waals surface area contributed by atoms with Crippen LogP contribution in [0.1, 0.15) is 37.8 Å². The molecule has 1 fully saturated rings. The van der Waals surface area contributed by atoms with E-state index in [4.69, 9.17) is 0 Å². The summed E-state index contributed by atoms with van der Waals surface area (Å²) >= 11 is 0. The van der Waals surface area contributed by atoms with Crippen LogP contribution in [-0.4, -0.2) is 44.4 Å². The van der Waals surface area contributed by atoms with Gasteiger partial charge in [0.05, 0.1) is 11.9 Å². The summed E-state index contributed by atoms with van der Waals surface area (Å²) < 4.78 is 1.77. The molecule has 1 saturated heterocycles. The van der Waals surface area contributed by atoms with Crippen molar-refractivity contribution in [2.75, 3.05) is 11.9 Å². The van der Waals surface area contributed by atoms with Crippen LogP contribution in [0.4, 0.5) is 10.7 Å². The van der Waals surface area contributed by atoms with E-state index in [9.17, 15) is 14.4 Å². The fourth-order valence-electron chi connectivity index (χ4n) is 3.55. The van der Waals surface area contributed by atoms with Crippen molar-refractivity contribution < 1.29 is 14.4 Å². The monoisotopic (exact) mass is 397 g/mol. The van der Waals surface area contributed by atoms with Gasteiger partial charge in [-0.2, -0.15) is 0 Å². The molecule has 4 amide bonds. The highest BCUT2D eigenvalue weighted by Crippen LogP contribution is 2.26. The van der Waals surface area contributed by atoms with E-state index >= 15 is 0 Å². The van der Waals surface area contributed by atoms with Crippen molar-refractivity contribution in [1.29, 1.82) is 0 Å². The van der Waals surface area contributed by atoms with Gasteiger partial charge in [-0.05, 0) is 43.9 Å². The Morgan fingerprint density at radius 2 is 1.86 bits per heavy atom. The van der Waals surface area contributed by atoms with Crippen molar-refractivity contribution >= 4 is 23.8 Å². The van der Waals surface area contributed by atoms with Crippen LogP contribution in [0.2, 0.25) is 0 Å². The average Bonchev–Trinajstić information content (AvgIpc) is 3.16. The number of amides is 4. The predicted molar refractivity (Wildman–Crippen MR) is 110 cm³/mol. The molecule has 2 aromatic rings. The maximum absolute atomic E-state index is 12.6. The van der Waals surface area contributed by atoms with E-state index in [1.165, 1.54) is 11.1 Å². The summed E-state index contributed by atoms with van der Waals surface area (Å²) in [6.07, 6.45) is 2.64. The van der Waals surface area contributed by atoms with E-state index in [1.54, 1.807) is 17.8 Å². The summed E-state index contributed by atoms with van der Waals surface area (Å²) in [7, 11) is 1.81. The molecule has 0 bridgehead atoms. The molecule has 8 heteroatoms. The Labute approximate surface area is 170 Å². The molecular formula is C21H27N5O3. The number of aryl methyl sites for hydroxylation is 2. The second-order valence-corrected chi connectivity index (χ2v) is 7.48. The molecular weight excluding hydrogens is 370 g/mol. The Bertz CT molecular complexity index is 975. The summed E-state index contributed by atoms with van der Waals surface area (Å²) in [6, 6.07) is 5.58. The van der Waals surface area contributed by atoms with Crippen LogP contribution in [0.3, 0.4) is 0 Å². The van der Waals surface area contributed by atoms with Gasteiger partial charge in [-0.3, -0.25) is 19.8 Å². The third-order valence-corrected chi connectivity index (χ3v) is 5.80. The minimum atomic E-state index is -0.920. The van der Waals surface area contributed by atoms with Crippen molar-refractivity contribution in [3.63, 3.8) is 0 Å². The van der Waals surface area contributed by atoms with Gasteiger partial charge < -0.3 is 9.88 Å². The number of benzene rings is 1. The Kier molecular flexibility index (Phi) is 5.46. The van der Waals surface area contributed by atoms with Crippen molar-refractivity contribution in [3.8, 4) is 11.3 Å². The van der Waals surface area contributed by atoms with Crippen LogP contribution < -0.4 is 10.6 Å². The van der Waals surface area contributed by atoms with Gasteiger partial charge in [-0.1, -0.05) is 26.0 Å². The number of anilines is 1. The molecule has 0 saturated carbocycles. The van der Waals surface area contributed by atoms with E-state index in [0.29, 0.717) is 18.8 Å².